The zero-order chi connectivity index (χ0) is 22.9. The molecule has 1 aliphatic carbocycles. The molecule has 0 atom stereocenters. The molecule has 32 heavy (non-hydrogen) atoms. The van der Waals surface area contributed by atoms with Crippen molar-refractivity contribution in [2.24, 2.45) is 11.8 Å². The molecule has 3 rings (SSSR count). The van der Waals surface area contributed by atoms with Crippen LogP contribution in [0, 0.1) is 29.3 Å². The van der Waals surface area contributed by atoms with Gasteiger partial charge in [0.1, 0.15) is 11.6 Å². The van der Waals surface area contributed by atoms with Crippen LogP contribution < -0.4 is 4.74 Å². The van der Waals surface area contributed by atoms with Gasteiger partial charge in [0.15, 0.2) is 11.6 Å². The summed E-state index contributed by atoms with van der Waals surface area (Å²) >= 11 is 0. The van der Waals surface area contributed by atoms with Crippen molar-refractivity contribution in [1.29, 1.82) is 0 Å². The summed E-state index contributed by atoms with van der Waals surface area (Å²) in [5, 5.41) is 0. The number of halogens is 3. The third-order valence-electron chi connectivity index (χ3n) is 6.63. The van der Waals surface area contributed by atoms with Crippen molar-refractivity contribution in [2.45, 2.75) is 77.6 Å². The van der Waals surface area contributed by atoms with Gasteiger partial charge in [-0.05, 0) is 54.5 Å². The Morgan fingerprint density at radius 1 is 0.844 bits per heavy atom. The quantitative estimate of drug-likeness (QED) is 0.210. The number of carbonyl (C=O) groups excluding carboxylic acids is 1. The lowest BCUT2D eigenvalue weighted by atomic mass is 9.77. The minimum absolute atomic E-state index is 0.168. The number of ether oxygens (including phenoxy) is 1. The van der Waals surface area contributed by atoms with Gasteiger partial charge in [-0.25, -0.2) is 18.0 Å². The fourth-order valence-corrected chi connectivity index (χ4v) is 4.62. The Kier molecular flexibility index (Phi) is 9.19. The molecule has 2 nitrogen and oxygen atoms in total. The molecule has 2 aromatic rings. The molecule has 0 spiro atoms. The van der Waals surface area contributed by atoms with Crippen LogP contribution in [0.15, 0.2) is 36.4 Å². The normalized spacial score (nSPS) is 18.5. The van der Waals surface area contributed by atoms with Gasteiger partial charge in [0.2, 0.25) is 0 Å². The predicted molar refractivity (Wildman–Crippen MR) is 120 cm³/mol. The van der Waals surface area contributed by atoms with E-state index in [0.717, 1.165) is 42.5 Å². The number of hydrogen-bond donors (Lipinski definition) is 0. The second kappa shape index (κ2) is 12.1. The van der Waals surface area contributed by atoms with Crippen LogP contribution in [-0.4, -0.2) is 5.97 Å². The number of carbonyl (C=O) groups is 1. The van der Waals surface area contributed by atoms with Gasteiger partial charge in [-0.1, -0.05) is 70.8 Å². The van der Waals surface area contributed by atoms with Gasteiger partial charge in [0.05, 0.1) is 5.56 Å². The van der Waals surface area contributed by atoms with Crippen LogP contribution in [0.2, 0.25) is 0 Å². The molecule has 1 saturated carbocycles. The van der Waals surface area contributed by atoms with Gasteiger partial charge >= 0.3 is 5.97 Å². The number of aryl methyl sites for hydroxylation is 1. The number of hydrogen-bond acceptors (Lipinski definition) is 2. The predicted octanol–water partition coefficient (Wildman–Crippen LogP) is 8.03. The van der Waals surface area contributed by atoms with Crippen LogP contribution >= 0.6 is 0 Å². The van der Waals surface area contributed by atoms with Gasteiger partial charge < -0.3 is 4.74 Å². The van der Waals surface area contributed by atoms with E-state index in [0.29, 0.717) is 5.92 Å². The van der Waals surface area contributed by atoms with Gasteiger partial charge in [-0.3, -0.25) is 0 Å². The van der Waals surface area contributed by atoms with E-state index in [-0.39, 0.29) is 11.3 Å². The maximum Gasteiger partial charge on any atom is 0.346 e. The van der Waals surface area contributed by atoms with E-state index >= 15 is 0 Å². The number of esters is 1. The van der Waals surface area contributed by atoms with Crippen LogP contribution in [0.3, 0.4) is 0 Å². The largest absolute Gasteiger partial charge is 0.423 e. The van der Waals surface area contributed by atoms with Crippen molar-refractivity contribution in [3.63, 3.8) is 0 Å². The summed E-state index contributed by atoms with van der Waals surface area (Å²) in [6.45, 7) is 2.24. The van der Waals surface area contributed by atoms with E-state index in [1.807, 2.05) is 0 Å². The van der Waals surface area contributed by atoms with Crippen molar-refractivity contribution in [3.8, 4) is 5.75 Å². The van der Waals surface area contributed by atoms with E-state index in [1.165, 1.54) is 69.9 Å². The average Bonchev–Trinajstić information content (AvgIpc) is 2.78. The third-order valence-corrected chi connectivity index (χ3v) is 6.63. The van der Waals surface area contributed by atoms with Gasteiger partial charge in [0.25, 0.3) is 0 Å². The molecule has 1 fully saturated rings. The molecular formula is C27H33F3O2. The Bertz CT molecular complexity index is 888. The van der Waals surface area contributed by atoms with Crippen molar-refractivity contribution in [2.75, 3.05) is 0 Å². The summed E-state index contributed by atoms with van der Waals surface area (Å²) in [7, 11) is 0. The lowest BCUT2D eigenvalue weighted by Gasteiger charge is -2.28. The molecule has 0 radical (unpaired) electrons. The summed E-state index contributed by atoms with van der Waals surface area (Å²) in [6.07, 6.45) is 13.6. The SMILES string of the molecule is CCCCCC[C@H]1CC[C@H](CCc2ccc(C(=O)Oc3ccc(F)c(F)c3)c(F)c2)CC1. The molecule has 0 bridgehead atoms. The Morgan fingerprint density at radius 3 is 2.22 bits per heavy atom. The first-order chi connectivity index (χ1) is 15.5. The van der Waals surface area contributed by atoms with E-state index < -0.39 is 23.4 Å². The summed E-state index contributed by atoms with van der Waals surface area (Å²) < 4.78 is 45.7. The van der Waals surface area contributed by atoms with Gasteiger partial charge in [0, 0.05) is 6.07 Å². The Balaban J connectivity index is 1.45. The van der Waals surface area contributed by atoms with Crippen LogP contribution in [0.1, 0.15) is 87.1 Å². The first kappa shape index (κ1) is 24.3. The van der Waals surface area contributed by atoms with Crippen LogP contribution in [-0.2, 0) is 6.42 Å². The van der Waals surface area contributed by atoms with E-state index in [9.17, 15) is 18.0 Å². The monoisotopic (exact) mass is 446 g/mol. The van der Waals surface area contributed by atoms with E-state index in [1.54, 1.807) is 6.07 Å². The first-order valence-corrected chi connectivity index (χ1v) is 11.9. The average molecular weight is 447 g/mol. The highest BCUT2D eigenvalue weighted by atomic mass is 19.2. The molecule has 0 aliphatic heterocycles. The molecule has 0 unspecified atom stereocenters. The highest BCUT2D eigenvalue weighted by Crippen LogP contribution is 2.34. The second-order valence-corrected chi connectivity index (χ2v) is 9.05. The smallest absolute Gasteiger partial charge is 0.346 e. The van der Waals surface area contributed by atoms with Crippen LogP contribution in [0.5, 0.6) is 5.75 Å². The molecular weight excluding hydrogens is 413 g/mol. The molecule has 2 aromatic carbocycles. The Hall–Kier alpha value is -2.30. The fraction of sp³-hybridized carbons (Fsp3) is 0.519. The first-order valence-electron chi connectivity index (χ1n) is 11.9. The molecule has 0 saturated heterocycles. The van der Waals surface area contributed by atoms with Crippen molar-refractivity contribution >= 4 is 5.97 Å². The summed E-state index contributed by atoms with van der Waals surface area (Å²) in [4.78, 5) is 12.2. The lowest BCUT2D eigenvalue weighted by molar-refractivity contribution is 0.0729. The zero-order valence-corrected chi connectivity index (χ0v) is 18.8. The van der Waals surface area contributed by atoms with Crippen molar-refractivity contribution in [3.05, 3.63) is 65.0 Å². The fourth-order valence-electron chi connectivity index (χ4n) is 4.62. The molecule has 0 N–H and O–H groups in total. The second-order valence-electron chi connectivity index (χ2n) is 9.05. The minimum atomic E-state index is -1.13. The maximum absolute atomic E-state index is 14.5. The molecule has 0 heterocycles. The standard InChI is InChI=1S/C27H33F3O2/c1-2-3-4-5-6-19-7-9-20(10-8-19)11-12-21-13-15-23(25(29)17-21)27(31)32-22-14-16-24(28)26(30)18-22/h13-20H,2-12H2,1H3/t19-,20-. The molecule has 0 amide bonds. The number of unbranched alkanes of at least 4 members (excludes halogenated alkanes) is 3. The van der Waals surface area contributed by atoms with Crippen LogP contribution in [0.4, 0.5) is 13.2 Å². The lowest BCUT2D eigenvalue weighted by Crippen LogP contribution is -2.15. The van der Waals surface area contributed by atoms with Gasteiger partial charge in [-0.2, -0.15) is 0 Å². The van der Waals surface area contributed by atoms with Gasteiger partial charge in [-0.15, -0.1) is 0 Å². The number of benzene rings is 2. The molecule has 1 aliphatic rings. The van der Waals surface area contributed by atoms with E-state index in [4.69, 9.17) is 4.74 Å². The third kappa shape index (κ3) is 7.11. The minimum Gasteiger partial charge on any atom is -0.423 e. The summed E-state index contributed by atoms with van der Waals surface area (Å²) in [5.41, 5.74) is 0.635. The van der Waals surface area contributed by atoms with Crippen LogP contribution in [0.25, 0.3) is 0 Å². The Labute approximate surface area is 189 Å². The molecule has 0 aromatic heterocycles. The maximum atomic E-state index is 14.5. The van der Waals surface area contributed by atoms with Crippen molar-refractivity contribution < 1.29 is 22.7 Å². The number of rotatable bonds is 10. The molecule has 5 heteroatoms. The summed E-state index contributed by atoms with van der Waals surface area (Å²) in [5.74, 6) is -2.37. The highest BCUT2D eigenvalue weighted by molar-refractivity contribution is 5.91. The van der Waals surface area contributed by atoms with E-state index in [2.05, 4.69) is 6.92 Å². The van der Waals surface area contributed by atoms with Crippen molar-refractivity contribution in [1.82, 2.24) is 0 Å². The summed E-state index contributed by atoms with van der Waals surface area (Å²) in [6, 6.07) is 7.27. The highest BCUT2D eigenvalue weighted by Gasteiger charge is 2.21. The topological polar surface area (TPSA) is 26.3 Å². The zero-order valence-electron chi connectivity index (χ0n) is 18.8. The Morgan fingerprint density at radius 2 is 1.56 bits per heavy atom. The molecule has 174 valence electrons.